The third-order valence-electron chi connectivity index (χ3n) is 2.86. The lowest BCUT2D eigenvalue weighted by Crippen LogP contribution is -2.28. The van der Waals surface area contributed by atoms with E-state index in [-0.39, 0.29) is 16.1 Å². The standard InChI is InChI=1S/C13H14ClN3O2S/c1-10(11-5-3-2-4-6-11)7-17-20(18,19)12-8-15-13(14)16-9-12/h2-6,8-10,17H,7H2,1H3. The molecule has 0 radical (unpaired) electrons. The fourth-order valence-corrected chi connectivity index (χ4v) is 2.77. The molecule has 2 aromatic rings. The zero-order valence-electron chi connectivity index (χ0n) is 10.8. The molecular formula is C13H14ClN3O2S. The predicted octanol–water partition coefficient (Wildman–Crippen LogP) is 2.21. The molecule has 5 nitrogen and oxygen atoms in total. The second kappa shape index (κ2) is 6.30. The van der Waals surface area contributed by atoms with Gasteiger partial charge in [-0.05, 0) is 23.1 Å². The van der Waals surface area contributed by atoms with E-state index in [9.17, 15) is 8.42 Å². The van der Waals surface area contributed by atoms with Crippen LogP contribution in [0.15, 0.2) is 47.6 Å². The largest absolute Gasteiger partial charge is 0.243 e. The van der Waals surface area contributed by atoms with E-state index in [2.05, 4.69) is 14.7 Å². The number of nitrogens with zero attached hydrogens (tertiary/aromatic N) is 2. The minimum atomic E-state index is -3.61. The lowest BCUT2D eigenvalue weighted by Gasteiger charge is -2.13. The molecule has 0 saturated heterocycles. The lowest BCUT2D eigenvalue weighted by atomic mass is 10.0. The fourth-order valence-electron chi connectivity index (χ4n) is 1.66. The molecule has 106 valence electrons. The second-order valence-corrected chi connectivity index (χ2v) is 6.46. The van der Waals surface area contributed by atoms with Crippen molar-refractivity contribution in [3.05, 3.63) is 53.6 Å². The van der Waals surface area contributed by atoms with Crippen molar-refractivity contribution in [2.24, 2.45) is 0 Å². The van der Waals surface area contributed by atoms with Crippen molar-refractivity contribution in [2.75, 3.05) is 6.54 Å². The summed E-state index contributed by atoms with van der Waals surface area (Å²) in [5.74, 6) is 0.0687. The van der Waals surface area contributed by atoms with Crippen LogP contribution in [0.25, 0.3) is 0 Å². The molecule has 0 aliphatic carbocycles. The van der Waals surface area contributed by atoms with Crippen molar-refractivity contribution >= 4 is 21.6 Å². The first-order chi connectivity index (χ1) is 9.49. The van der Waals surface area contributed by atoms with Crippen LogP contribution in [0.4, 0.5) is 0 Å². The van der Waals surface area contributed by atoms with E-state index in [1.54, 1.807) is 0 Å². The normalized spacial score (nSPS) is 13.1. The van der Waals surface area contributed by atoms with Crippen LogP contribution >= 0.6 is 11.6 Å². The molecule has 0 amide bonds. The summed E-state index contributed by atoms with van der Waals surface area (Å²) in [4.78, 5) is 7.33. The summed E-state index contributed by atoms with van der Waals surface area (Å²) in [5.41, 5.74) is 1.07. The quantitative estimate of drug-likeness (QED) is 0.859. The number of hydrogen-bond donors (Lipinski definition) is 1. The Bertz CT molecular complexity index is 660. The molecule has 0 bridgehead atoms. The van der Waals surface area contributed by atoms with Crippen molar-refractivity contribution in [1.29, 1.82) is 0 Å². The summed E-state index contributed by atoms with van der Waals surface area (Å²) < 4.78 is 26.6. The summed E-state index contributed by atoms with van der Waals surface area (Å²) in [7, 11) is -3.61. The maximum absolute atomic E-state index is 12.0. The number of rotatable bonds is 5. The average molecular weight is 312 g/mol. The third-order valence-corrected chi connectivity index (χ3v) is 4.43. The molecule has 1 aromatic carbocycles. The van der Waals surface area contributed by atoms with Gasteiger partial charge in [-0.15, -0.1) is 0 Å². The highest BCUT2D eigenvalue weighted by Gasteiger charge is 2.16. The lowest BCUT2D eigenvalue weighted by molar-refractivity contribution is 0.574. The molecule has 1 heterocycles. The van der Waals surface area contributed by atoms with Crippen LogP contribution < -0.4 is 4.72 Å². The third kappa shape index (κ3) is 3.75. The Kier molecular flexibility index (Phi) is 4.69. The van der Waals surface area contributed by atoms with Crippen LogP contribution in [0.1, 0.15) is 18.4 Å². The topological polar surface area (TPSA) is 72.0 Å². The molecule has 1 atom stereocenters. The number of aromatic nitrogens is 2. The number of hydrogen-bond acceptors (Lipinski definition) is 4. The number of halogens is 1. The van der Waals surface area contributed by atoms with Crippen LogP contribution in [0.5, 0.6) is 0 Å². The Labute approximate surface area is 123 Å². The zero-order valence-corrected chi connectivity index (χ0v) is 12.4. The van der Waals surface area contributed by atoms with Crippen LogP contribution in [-0.2, 0) is 10.0 Å². The van der Waals surface area contributed by atoms with E-state index >= 15 is 0 Å². The first kappa shape index (κ1) is 14.9. The molecular weight excluding hydrogens is 298 g/mol. The van der Waals surface area contributed by atoms with Crippen LogP contribution in [-0.4, -0.2) is 24.9 Å². The highest BCUT2D eigenvalue weighted by atomic mass is 35.5. The zero-order chi connectivity index (χ0) is 14.6. The summed E-state index contributed by atoms with van der Waals surface area (Å²) in [5, 5.41) is 0.0154. The fraction of sp³-hybridized carbons (Fsp3) is 0.231. The Morgan fingerprint density at radius 2 is 1.80 bits per heavy atom. The molecule has 0 fully saturated rings. The summed E-state index contributed by atoms with van der Waals surface area (Å²) >= 11 is 5.53. The van der Waals surface area contributed by atoms with Crippen molar-refractivity contribution in [1.82, 2.24) is 14.7 Å². The van der Waals surface area contributed by atoms with Gasteiger partial charge in [0.05, 0.1) is 12.4 Å². The van der Waals surface area contributed by atoms with Gasteiger partial charge in [0.2, 0.25) is 15.3 Å². The van der Waals surface area contributed by atoms with Gasteiger partial charge in [-0.2, -0.15) is 0 Å². The van der Waals surface area contributed by atoms with Crippen LogP contribution in [0.2, 0.25) is 5.28 Å². The molecule has 1 unspecified atom stereocenters. The average Bonchev–Trinajstić information content (AvgIpc) is 2.46. The van der Waals surface area contributed by atoms with Crippen LogP contribution in [0, 0.1) is 0 Å². The second-order valence-electron chi connectivity index (χ2n) is 4.35. The highest BCUT2D eigenvalue weighted by Crippen LogP contribution is 2.15. The summed E-state index contributed by atoms with van der Waals surface area (Å²) in [6.07, 6.45) is 2.37. The Balaban J connectivity index is 2.04. The van der Waals surface area contributed by atoms with Crippen molar-refractivity contribution < 1.29 is 8.42 Å². The predicted molar refractivity (Wildman–Crippen MR) is 77.1 cm³/mol. The van der Waals surface area contributed by atoms with E-state index in [0.29, 0.717) is 6.54 Å². The van der Waals surface area contributed by atoms with Gasteiger partial charge in [0.1, 0.15) is 4.90 Å². The first-order valence-corrected chi connectivity index (χ1v) is 7.87. The van der Waals surface area contributed by atoms with E-state index < -0.39 is 10.0 Å². The molecule has 0 saturated carbocycles. The minimum absolute atomic E-state index is 0.00200. The SMILES string of the molecule is CC(CNS(=O)(=O)c1cnc(Cl)nc1)c1ccccc1. The molecule has 7 heteroatoms. The van der Waals surface area contributed by atoms with Crippen molar-refractivity contribution in [2.45, 2.75) is 17.7 Å². The molecule has 20 heavy (non-hydrogen) atoms. The Morgan fingerprint density at radius 3 is 2.40 bits per heavy atom. The molecule has 0 aliphatic heterocycles. The van der Waals surface area contributed by atoms with E-state index in [0.717, 1.165) is 5.56 Å². The van der Waals surface area contributed by atoms with Gasteiger partial charge in [0.15, 0.2) is 0 Å². The summed E-state index contributed by atoms with van der Waals surface area (Å²) in [6.45, 7) is 2.26. The number of nitrogens with one attached hydrogen (secondary N) is 1. The van der Waals surface area contributed by atoms with Gasteiger partial charge < -0.3 is 0 Å². The monoisotopic (exact) mass is 311 g/mol. The van der Waals surface area contributed by atoms with Gasteiger partial charge >= 0.3 is 0 Å². The minimum Gasteiger partial charge on any atom is -0.225 e. The maximum Gasteiger partial charge on any atom is 0.243 e. The number of sulfonamides is 1. The smallest absolute Gasteiger partial charge is 0.225 e. The van der Waals surface area contributed by atoms with Gasteiger partial charge in [-0.25, -0.2) is 23.1 Å². The van der Waals surface area contributed by atoms with Gasteiger partial charge in [0.25, 0.3) is 0 Å². The molecule has 0 aliphatic rings. The summed E-state index contributed by atoms with van der Waals surface area (Å²) in [6, 6.07) is 9.70. The highest BCUT2D eigenvalue weighted by molar-refractivity contribution is 7.89. The van der Waals surface area contributed by atoms with Gasteiger partial charge in [0, 0.05) is 6.54 Å². The maximum atomic E-state index is 12.0. The molecule has 1 aromatic heterocycles. The Morgan fingerprint density at radius 1 is 1.20 bits per heavy atom. The number of benzene rings is 1. The van der Waals surface area contributed by atoms with E-state index in [4.69, 9.17) is 11.6 Å². The van der Waals surface area contributed by atoms with E-state index in [1.807, 2.05) is 37.3 Å². The molecule has 1 N–H and O–H groups in total. The van der Waals surface area contributed by atoms with Gasteiger partial charge in [-0.3, -0.25) is 0 Å². The van der Waals surface area contributed by atoms with Crippen molar-refractivity contribution in [3.63, 3.8) is 0 Å². The first-order valence-electron chi connectivity index (χ1n) is 6.01. The Hall–Kier alpha value is -1.50. The van der Waals surface area contributed by atoms with Crippen molar-refractivity contribution in [3.8, 4) is 0 Å². The molecule has 2 rings (SSSR count). The molecule has 0 spiro atoms. The van der Waals surface area contributed by atoms with Gasteiger partial charge in [-0.1, -0.05) is 37.3 Å². The van der Waals surface area contributed by atoms with E-state index in [1.165, 1.54) is 12.4 Å². The van der Waals surface area contributed by atoms with Crippen LogP contribution in [0.3, 0.4) is 0 Å².